The first-order valence-electron chi connectivity index (χ1n) is 18.1. The van der Waals surface area contributed by atoms with Crippen LogP contribution in [0.15, 0.2) is 39.6 Å². The second-order valence-corrected chi connectivity index (χ2v) is 15.7. The number of nitrogens with zero attached hydrogens (tertiary/aromatic N) is 2. The number of phenols is 1. The lowest BCUT2D eigenvalue weighted by atomic mass is 9.74. The normalized spacial score (nSPS) is 30.0. The molecule has 0 bridgehead atoms. The standard InChI is InChI=1S/C41H52N2O9/c1-11-12-13-19(2)28-17-27(44)31-20(3)14-25-33(39(31)52-28)38(48)34-32(37(25)47)23(29-16-26(42(7)8)35(45)21(4)50-29)15-24(36(34)46)30-18-41(6,43(9)10)40(49)22(5)51-30/h11-12,14-15,17,19,21-22,26,29-30,35,40,45-46,49H,13,16,18H2,1-10H3/b12-11-/t19?,21-,22+,26+,29-,30+,35-,40-,41+/m1/s1. The molecule has 3 N–H and O–H groups in total. The number of hydrogen-bond donors (Lipinski definition) is 3. The third-order valence-electron chi connectivity index (χ3n) is 11.9. The van der Waals surface area contributed by atoms with E-state index in [0.29, 0.717) is 29.7 Å². The minimum absolute atomic E-state index is 0.0165. The lowest BCUT2D eigenvalue weighted by Crippen LogP contribution is -2.59. The van der Waals surface area contributed by atoms with Gasteiger partial charge in [0.1, 0.15) is 17.1 Å². The highest BCUT2D eigenvalue weighted by Crippen LogP contribution is 2.49. The SMILES string of the molecule is C/C=C\CC(C)c1cc(=O)c2c(C)cc3c(c2o1)C(=O)c1c(O)c([C@@H]2C[C@](C)(N(C)C)[C@H](O)[C@H](C)O2)cc([C@H]2C[C@H](N(C)C)[C@H](O)[C@@H](C)O2)c1C3=O. The third-order valence-corrected chi connectivity index (χ3v) is 11.9. The van der Waals surface area contributed by atoms with Crippen LogP contribution >= 0.6 is 0 Å². The molecule has 0 saturated carbocycles. The van der Waals surface area contributed by atoms with E-state index in [1.807, 2.05) is 70.9 Å². The molecule has 0 spiro atoms. The van der Waals surface area contributed by atoms with Gasteiger partial charge < -0.3 is 39.0 Å². The lowest BCUT2D eigenvalue weighted by molar-refractivity contribution is -0.176. The molecule has 11 heteroatoms. The molecule has 11 nitrogen and oxygen atoms in total. The van der Waals surface area contributed by atoms with Crippen LogP contribution in [-0.2, 0) is 9.47 Å². The zero-order valence-corrected chi connectivity index (χ0v) is 31.8. The van der Waals surface area contributed by atoms with Gasteiger partial charge in [-0.05, 0) is 105 Å². The van der Waals surface area contributed by atoms with Gasteiger partial charge in [-0.15, -0.1) is 0 Å². The molecule has 1 unspecified atom stereocenters. The number of aliphatic hydroxyl groups is 2. The molecule has 9 atom stereocenters. The maximum absolute atomic E-state index is 15.0. The Balaban J connectivity index is 1.63. The Kier molecular flexibility index (Phi) is 10.2. The Labute approximate surface area is 304 Å². The van der Waals surface area contributed by atoms with Crippen LogP contribution in [0.1, 0.15) is 126 Å². The van der Waals surface area contributed by atoms with Crippen molar-refractivity contribution in [3.63, 3.8) is 0 Å². The number of aryl methyl sites for hydroxylation is 1. The number of benzene rings is 2. The van der Waals surface area contributed by atoms with Gasteiger partial charge in [-0.3, -0.25) is 14.4 Å². The molecule has 2 saturated heterocycles. The summed E-state index contributed by atoms with van der Waals surface area (Å²) >= 11 is 0. The number of phenolic OH excluding ortho intramolecular Hbond substituents is 1. The number of fused-ring (bicyclic) bond motifs is 4. The second kappa shape index (κ2) is 13.9. The van der Waals surface area contributed by atoms with Gasteiger partial charge in [0, 0.05) is 40.3 Å². The van der Waals surface area contributed by atoms with E-state index in [4.69, 9.17) is 13.9 Å². The summed E-state index contributed by atoms with van der Waals surface area (Å²) in [6.45, 7) is 11.0. The number of allylic oxidation sites excluding steroid dienone is 2. The van der Waals surface area contributed by atoms with Crippen molar-refractivity contribution >= 4 is 22.5 Å². The largest absolute Gasteiger partial charge is 0.507 e. The fourth-order valence-electron chi connectivity index (χ4n) is 8.38. The Bertz CT molecular complexity index is 2020. The number of hydrogen-bond acceptors (Lipinski definition) is 11. The van der Waals surface area contributed by atoms with Crippen LogP contribution in [0.5, 0.6) is 5.75 Å². The highest BCUT2D eigenvalue weighted by Gasteiger charge is 2.49. The number of carbonyl (C=O) groups is 2. The fourth-order valence-corrected chi connectivity index (χ4v) is 8.38. The zero-order chi connectivity index (χ0) is 38.1. The van der Waals surface area contributed by atoms with E-state index < -0.39 is 59.5 Å². The summed E-state index contributed by atoms with van der Waals surface area (Å²) in [4.78, 5) is 47.3. The summed E-state index contributed by atoms with van der Waals surface area (Å²) < 4.78 is 19.2. The van der Waals surface area contributed by atoms with Crippen molar-refractivity contribution in [2.24, 2.45) is 0 Å². The smallest absolute Gasteiger partial charge is 0.202 e. The van der Waals surface area contributed by atoms with Crippen LogP contribution in [0.2, 0.25) is 0 Å². The fraction of sp³-hybridized carbons (Fsp3) is 0.537. The number of aliphatic hydroxyl groups excluding tert-OH is 2. The van der Waals surface area contributed by atoms with Gasteiger partial charge in [0.25, 0.3) is 0 Å². The van der Waals surface area contributed by atoms with Crippen molar-refractivity contribution in [3.8, 4) is 5.75 Å². The minimum atomic E-state index is -0.847. The van der Waals surface area contributed by atoms with E-state index in [9.17, 15) is 24.9 Å². The molecular weight excluding hydrogens is 664 g/mol. The predicted molar refractivity (Wildman–Crippen MR) is 197 cm³/mol. The van der Waals surface area contributed by atoms with Crippen molar-refractivity contribution in [2.45, 2.75) is 115 Å². The van der Waals surface area contributed by atoms with Crippen LogP contribution in [0.3, 0.4) is 0 Å². The average molecular weight is 717 g/mol. The summed E-state index contributed by atoms with van der Waals surface area (Å²) in [7, 11) is 7.47. The number of ketones is 2. The minimum Gasteiger partial charge on any atom is -0.507 e. The van der Waals surface area contributed by atoms with Gasteiger partial charge in [-0.2, -0.15) is 0 Å². The van der Waals surface area contributed by atoms with Crippen LogP contribution in [0, 0.1) is 6.92 Å². The highest BCUT2D eigenvalue weighted by atomic mass is 16.5. The van der Waals surface area contributed by atoms with E-state index in [1.54, 1.807) is 32.9 Å². The number of likely N-dealkylation sites (N-methyl/N-ethyl adjacent to an activating group) is 2. The lowest BCUT2D eigenvalue weighted by Gasteiger charge is -2.49. The number of rotatable bonds is 7. The van der Waals surface area contributed by atoms with Gasteiger partial charge >= 0.3 is 0 Å². The van der Waals surface area contributed by atoms with Crippen molar-refractivity contribution in [2.75, 3.05) is 28.2 Å². The Morgan fingerprint density at radius 1 is 0.942 bits per heavy atom. The molecule has 3 aliphatic rings. The highest BCUT2D eigenvalue weighted by molar-refractivity contribution is 6.33. The summed E-state index contributed by atoms with van der Waals surface area (Å²) in [5.74, 6) is -1.35. The van der Waals surface area contributed by atoms with E-state index in [2.05, 4.69) is 0 Å². The second-order valence-electron chi connectivity index (χ2n) is 15.7. The summed E-state index contributed by atoms with van der Waals surface area (Å²) in [6, 6.07) is 4.38. The van der Waals surface area contributed by atoms with Crippen LogP contribution in [-0.4, -0.2) is 101 Å². The molecule has 2 aliphatic heterocycles. The van der Waals surface area contributed by atoms with Crippen LogP contribution in [0.25, 0.3) is 11.0 Å². The van der Waals surface area contributed by atoms with Gasteiger partial charge in [0.15, 0.2) is 11.2 Å². The topological polar surface area (TPSA) is 150 Å². The molecule has 0 radical (unpaired) electrons. The number of ether oxygens (including phenoxy) is 2. The summed E-state index contributed by atoms with van der Waals surface area (Å²) in [6.07, 6.45) is 0.650. The predicted octanol–water partition coefficient (Wildman–Crippen LogP) is 5.32. The van der Waals surface area contributed by atoms with Crippen LogP contribution < -0.4 is 5.43 Å². The quantitative estimate of drug-likeness (QED) is 0.213. The molecular formula is C41H52N2O9. The molecule has 2 aromatic carbocycles. The van der Waals surface area contributed by atoms with Gasteiger partial charge in [-0.1, -0.05) is 19.1 Å². The molecule has 6 rings (SSSR count). The molecule has 3 aromatic rings. The van der Waals surface area contributed by atoms with E-state index in [1.165, 1.54) is 6.07 Å². The maximum Gasteiger partial charge on any atom is 0.202 e. The average Bonchev–Trinajstić information content (AvgIpc) is 3.08. The molecule has 3 heterocycles. The van der Waals surface area contributed by atoms with Crippen LogP contribution in [0.4, 0.5) is 0 Å². The Hall–Kier alpha value is -3.71. The van der Waals surface area contributed by atoms with Gasteiger partial charge in [-0.25, -0.2) is 0 Å². The number of aromatic hydroxyl groups is 1. The van der Waals surface area contributed by atoms with Gasteiger partial charge in [0.05, 0.1) is 53.1 Å². The van der Waals surface area contributed by atoms with E-state index in [0.717, 1.165) is 0 Å². The number of carbonyl (C=O) groups excluding carboxylic acids is 2. The third kappa shape index (κ3) is 6.05. The molecule has 280 valence electrons. The summed E-state index contributed by atoms with van der Waals surface area (Å²) in [5.41, 5.74) is -0.0633. The Morgan fingerprint density at radius 2 is 1.62 bits per heavy atom. The molecule has 0 amide bonds. The molecule has 1 aromatic heterocycles. The van der Waals surface area contributed by atoms with Gasteiger partial charge in [0.2, 0.25) is 5.78 Å². The molecule has 2 fully saturated rings. The molecule has 1 aliphatic carbocycles. The first kappa shape index (κ1) is 38.0. The van der Waals surface area contributed by atoms with Crippen molar-refractivity contribution in [3.05, 3.63) is 85.3 Å². The molecule has 52 heavy (non-hydrogen) atoms. The first-order chi connectivity index (χ1) is 24.4. The maximum atomic E-state index is 15.0. The summed E-state index contributed by atoms with van der Waals surface area (Å²) in [5, 5.41) is 34.7. The Morgan fingerprint density at radius 3 is 2.25 bits per heavy atom. The van der Waals surface area contributed by atoms with Crippen molar-refractivity contribution in [1.29, 1.82) is 0 Å². The monoisotopic (exact) mass is 716 g/mol. The zero-order valence-electron chi connectivity index (χ0n) is 31.8. The van der Waals surface area contributed by atoms with Crippen molar-refractivity contribution < 1.29 is 38.8 Å². The van der Waals surface area contributed by atoms with E-state index >= 15 is 4.79 Å². The van der Waals surface area contributed by atoms with Crippen molar-refractivity contribution in [1.82, 2.24) is 9.80 Å². The van der Waals surface area contributed by atoms with E-state index in [-0.39, 0.29) is 62.6 Å². The first-order valence-corrected chi connectivity index (χ1v) is 18.1.